The highest BCUT2D eigenvalue weighted by atomic mass is 79.9. The zero-order chi connectivity index (χ0) is 12.0. The summed E-state index contributed by atoms with van der Waals surface area (Å²) in [5.41, 5.74) is 7.53. The van der Waals surface area contributed by atoms with Gasteiger partial charge in [0.1, 0.15) is 0 Å². The smallest absolute Gasteiger partial charge is 0.0486 e. The first kappa shape index (κ1) is 13.7. The van der Waals surface area contributed by atoms with Crippen molar-refractivity contribution in [1.82, 2.24) is 0 Å². The minimum absolute atomic E-state index is 0.612. The zero-order valence-corrected chi connectivity index (χ0v) is 11.9. The van der Waals surface area contributed by atoms with Crippen molar-refractivity contribution < 1.29 is 4.21 Å². The van der Waals surface area contributed by atoms with Gasteiger partial charge in [0.05, 0.1) is 0 Å². The van der Waals surface area contributed by atoms with E-state index in [-0.39, 0.29) is 0 Å². The third kappa shape index (κ3) is 4.66. The molecule has 1 aromatic carbocycles. The predicted molar refractivity (Wildman–Crippen MR) is 74.8 cm³/mol. The predicted octanol–water partition coefficient (Wildman–Crippen LogP) is 3.47. The maximum absolute atomic E-state index is 11.7. The van der Waals surface area contributed by atoms with E-state index in [0.717, 1.165) is 28.6 Å². The quantitative estimate of drug-likeness (QED) is 0.646. The second-order valence-electron chi connectivity index (χ2n) is 3.85. The van der Waals surface area contributed by atoms with Crippen LogP contribution in [0.2, 0.25) is 0 Å². The third-order valence-electron chi connectivity index (χ3n) is 2.36. The summed E-state index contributed by atoms with van der Waals surface area (Å²) < 4.78 is 12.6. The Bertz CT molecular complexity index is 368. The van der Waals surface area contributed by atoms with Gasteiger partial charge in [-0.3, -0.25) is 4.21 Å². The Hall–Kier alpha value is -0.350. The molecule has 0 aliphatic rings. The van der Waals surface area contributed by atoms with E-state index in [1.807, 2.05) is 18.2 Å². The lowest BCUT2D eigenvalue weighted by Gasteiger charge is -2.04. The molecule has 0 saturated carbocycles. The van der Waals surface area contributed by atoms with E-state index in [4.69, 9.17) is 5.73 Å². The first-order chi connectivity index (χ1) is 7.63. The van der Waals surface area contributed by atoms with Crippen LogP contribution in [-0.4, -0.2) is 9.96 Å². The standard InChI is InChI=1S/C12H18BrNOS/c1-2-3-4-7-16(15)9-10-5-6-11(13)12(14)8-10/h5-6,8H,2-4,7,9,14H2,1H3. The first-order valence-electron chi connectivity index (χ1n) is 5.52. The fourth-order valence-corrected chi connectivity index (χ4v) is 2.92. The largest absolute Gasteiger partial charge is 0.398 e. The summed E-state index contributed by atoms with van der Waals surface area (Å²) in [7, 11) is -0.758. The van der Waals surface area contributed by atoms with Crippen molar-refractivity contribution in [2.24, 2.45) is 0 Å². The third-order valence-corrected chi connectivity index (χ3v) is 4.49. The van der Waals surface area contributed by atoms with Crippen molar-refractivity contribution in [1.29, 1.82) is 0 Å². The van der Waals surface area contributed by atoms with Crippen molar-refractivity contribution in [3.8, 4) is 0 Å². The summed E-state index contributed by atoms with van der Waals surface area (Å²) in [5.74, 6) is 1.41. The lowest BCUT2D eigenvalue weighted by atomic mass is 10.2. The SMILES string of the molecule is CCCCCS(=O)Cc1ccc(Br)c(N)c1. The maximum atomic E-state index is 11.7. The fraction of sp³-hybridized carbons (Fsp3) is 0.500. The lowest BCUT2D eigenvalue weighted by Crippen LogP contribution is -2.01. The second kappa shape index (κ2) is 7.07. The van der Waals surface area contributed by atoms with Gasteiger partial charge in [0.25, 0.3) is 0 Å². The van der Waals surface area contributed by atoms with Gasteiger partial charge in [0, 0.05) is 32.5 Å². The van der Waals surface area contributed by atoms with Crippen LogP contribution in [0.5, 0.6) is 0 Å². The summed E-state index contributed by atoms with van der Waals surface area (Å²) in [6.45, 7) is 2.15. The molecular weight excluding hydrogens is 286 g/mol. The van der Waals surface area contributed by atoms with E-state index < -0.39 is 10.8 Å². The molecule has 0 amide bonds. The molecule has 2 nitrogen and oxygen atoms in total. The van der Waals surface area contributed by atoms with Crippen LogP contribution in [0.25, 0.3) is 0 Å². The van der Waals surface area contributed by atoms with Crippen molar-refractivity contribution in [2.75, 3.05) is 11.5 Å². The number of nitrogen functional groups attached to an aromatic ring is 1. The number of hydrogen-bond donors (Lipinski definition) is 1. The van der Waals surface area contributed by atoms with Crippen LogP contribution in [0.1, 0.15) is 31.7 Å². The van der Waals surface area contributed by atoms with Gasteiger partial charge in [-0.05, 0) is 40.0 Å². The van der Waals surface area contributed by atoms with Crippen molar-refractivity contribution in [3.63, 3.8) is 0 Å². The summed E-state index contributed by atoms with van der Waals surface area (Å²) in [4.78, 5) is 0. The summed E-state index contributed by atoms with van der Waals surface area (Å²) in [6.07, 6.45) is 3.38. The van der Waals surface area contributed by atoms with E-state index in [0.29, 0.717) is 11.4 Å². The highest BCUT2D eigenvalue weighted by Crippen LogP contribution is 2.21. The van der Waals surface area contributed by atoms with Gasteiger partial charge in [0.15, 0.2) is 0 Å². The number of anilines is 1. The Morgan fingerprint density at radius 1 is 1.38 bits per heavy atom. The molecule has 1 unspecified atom stereocenters. The van der Waals surface area contributed by atoms with Gasteiger partial charge in [-0.2, -0.15) is 0 Å². The van der Waals surface area contributed by atoms with Crippen molar-refractivity contribution >= 4 is 32.4 Å². The number of halogens is 1. The van der Waals surface area contributed by atoms with E-state index in [1.54, 1.807) is 0 Å². The minimum atomic E-state index is -0.758. The lowest BCUT2D eigenvalue weighted by molar-refractivity contribution is 0.676. The van der Waals surface area contributed by atoms with E-state index in [9.17, 15) is 4.21 Å². The topological polar surface area (TPSA) is 43.1 Å². The van der Waals surface area contributed by atoms with E-state index in [2.05, 4.69) is 22.9 Å². The number of unbranched alkanes of at least 4 members (excludes halogenated alkanes) is 2. The molecule has 2 N–H and O–H groups in total. The molecule has 0 aliphatic heterocycles. The summed E-state index contributed by atoms with van der Waals surface area (Å²) >= 11 is 3.35. The van der Waals surface area contributed by atoms with Crippen LogP contribution in [0.3, 0.4) is 0 Å². The zero-order valence-electron chi connectivity index (χ0n) is 9.54. The van der Waals surface area contributed by atoms with Crippen LogP contribution in [0.15, 0.2) is 22.7 Å². The Balaban J connectivity index is 2.46. The molecule has 0 aliphatic carbocycles. The molecule has 0 fully saturated rings. The molecule has 0 saturated heterocycles. The highest BCUT2D eigenvalue weighted by molar-refractivity contribution is 9.10. The molecule has 0 aromatic heterocycles. The monoisotopic (exact) mass is 303 g/mol. The first-order valence-corrected chi connectivity index (χ1v) is 7.80. The molecule has 1 atom stereocenters. The Kier molecular flexibility index (Phi) is 6.06. The normalized spacial score (nSPS) is 12.6. The molecular formula is C12H18BrNOS. The average molecular weight is 304 g/mol. The van der Waals surface area contributed by atoms with Gasteiger partial charge in [-0.1, -0.05) is 25.8 Å². The Morgan fingerprint density at radius 2 is 2.12 bits per heavy atom. The fourth-order valence-electron chi connectivity index (χ4n) is 1.45. The summed E-state index contributed by atoms with van der Waals surface area (Å²) in [6, 6.07) is 5.77. The van der Waals surface area contributed by atoms with Gasteiger partial charge in [-0.15, -0.1) is 0 Å². The molecule has 0 radical (unpaired) electrons. The number of nitrogens with two attached hydrogens (primary N) is 1. The molecule has 0 bridgehead atoms. The van der Waals surface area contributed by atoms with Crippen LogP contribution in [-0.2, 0) is 16.6 Å². The average Bonchev–Trinajstić information content (AvgIpc) is 2.24. The molecule has 1 rings (SSSR count). The Morgan fingerprint density at radius 3 is 2.75 bits per heavy atom. The number of rotatable bonds is 6. The summed E-state index contributed by atoms with van der Waals surface area (Å²) in [5, 5.41) is 0. The molecule has 1 aromatic rings. The molecule has 4 heteroatoms. The van der Waals surface area contributed by atoms with Crippen molar-refractivity contribution in [2.45, 2.75) is 31.9 Å². The molecule has 16 heavy (non-hydrogen) atoms. The van der Waals surface area contributed by atoms with E-state index >= 15 is 0 Å². The number of benzene rings is 1. The molecule has 0 spiro atoms. The van der Waals surface area contributed by atoms with Gasteiger partial charge < -0.3 is 5.73 Å². The van der Waals surface area contributed by atoms with Crippen LogP contribution in [0.4, 0.5) is 5.69 Å². The van der Waals surface area contributed by atoms with Gasteiger partial charge >= 0.3 is 0 Å². The van der Waals surface area contributed by atoms with E-state index in [1.165, 1.54) is 6.42 Å². The molecule has 90 valence electrons. The van der Waals surface area contributed by atoms with Crippen LogP contribution >= 0.6 is 15.9 Å². The second-order valence-corrected chi connectivity index (χ2v) is 6.28. The van der Waals surface area contributed by atoms with Gasteiger partial charge in [0.2, 0.25) is 0 Å². The Labute approximate surface area is 108 Å². The van der Waals surface area contributed by atoms with Crippen LogP contribution in [0, 0.1) is 0 Å². The highest BCUT2D eigenvalue weighted by Gasteiger charge is 2.03. The minimum Gasteiger partial charge on any atom is -0.398 e. The maximum Gasteiger partial charge on any atom is 0.0486 e. The molecule has 0 heterocycles. The van der Waals surface area contributed by atoms with Gasteiger partial charge in [-0.25, -0.2) is 0 Å². The number of hydrogen-bond acceptors (Lipinski definition) is 2. The van der Waals surface area contributed by atoms with Crippen LogP contribution < -0.4 is 5.73 Å². The van der Waals surface area contributed by atoms with Crippen molar-refractivity contribution in [3.05, 3.63) is 28.2 Å².